The molecule has 3 rings (SSSR count). The third-order valence-electron chi connectivity index (χ3n) is 3.73. The lowest BCUT2D eigenvalue weighted by atomic mass is 10.1. The van der Waals surface area contributed by atoms with E-state index in [1.54, 1.807) is 19.9 Å². The van der Waals surface area contributed by atoms with Crippen LogP contribution in [-0.4, -0.2) is 33.6 Å². The van der Waals surface area contributed by atoms with Crippen molar-refractivity contribution in [3.63, 3.8) is 0 Å². The molecule has 0 aliphatic heterocycles. The molecule has 0 radical (unpaired) electrons. The van der Waals surface area contributed by atoms with Crippen molar-refractivity contribution in [2.75, 3.05) is 11.9 Å². The van der Waals surface area contributed by atoms with Crippen LogP contribution in [0.2, 0.25) is 0 Å². The number of thiophene rings is 1. The first-order valence-corrected chi connectivity index (χ1v) is 9.94. The number of aryl methyl sites for hydroxylation is 1. The van der Waals surface area contributed by atoms with Crippen LogP contribution in [-0.2, 0) is 0 Å². The van der Waals surface area contributed by atoms with Gasteiger partial charge in [0, 0.05) is 11.1 Å². The molecule has 6 nitrogen and oxygen atoms in total. The Morgan fingerprint density at radius 1 is 1.20 bits per heavy atom. The normalized spacial score (nSPS) is 12.1. The van der Waals surface area contributed by atoms with Crippen molar-refractivity contribution < 1.29 is 22.4 Å². The van der Waals surface area contributed by atoms with E-state index in [1.807, 2.05) is 19.2 Å². The van der Waals surface area contributed by atoms with Gasteiger partial charge in [-0.05, 0) is 31.5 Å². The van der Waals surface area contributed by atoms with Crippen molar-refractivity contribution in [3.05, 3.63) is 46.5 Å². The molecule has 30 heavy (non-hydrogen) atoms. The zero-order valence-electron chi connectivity index (χ0n) is 16.8. The number of hydrogen-bond acceptors (Lipinski definition) is 6. The number of pyridine rings is 1. The van der Waals surface area contributed by atoms with Crippen LogP contribution in [0, 0.1) is 12.7 Å². The molecule has 162 valence electrons. The van der Waals surface area contributed by atoms with Gasteiger partial charge in [0.25, 0.3) is 5.91 Å². The summed E-state index contributed by atoms with van der Waals surface area (Å²) in [6.45, 7) is 6.04. The van der Waals surface area contributed by atoms with Gasteiger partial charge in [-0.3, -0.25) is 9.78 Å². The van der Waals surface area contributed by atoms with Crippen molar-refractivity contribution in [2.45, 2.75) is 39.9 Å². The number of amides is 1. The van der Waals surface area contributed by atoms with Gasteiger partial charge >= 0.3 is 6.18 Å². The van der Waals surface area contributed by atoms with Crippen molar-refractivity contribution in [3.8, 4) is 0 Å². The maximum absolute atomic E-state index is 13.4. The number of halogens is 4. The van der Waals surface area contributed by atoms with Gasteiger partial charge in [-0.2, -0.15) is 13.2 Å². The van der Waals surface area contributed by atoms with E-state index in [2.05, 4.69) is 20.3 Å². The number of carbonyl (C=O) groups is 1. The molecule has 0 aliphatic carbocycles. The van der Waals surface area contributed by atoms with Crippen molar-refractivity contribution in [2.24, 2.45) is 0 Å². The summed E-state index contributed by atoms with van der Waals surface area (Å²) in [6, 6.07) is 2.54. The molecule has 3 aromatic heterocycles. The molecule has 0 fully saturated rings. The van der Waals surface area contributed by atoms with Crippen molar-refractivity contribution in [1.29, 1.82) is 0 Å². The van der Waals surface area contributed by atoms with E-state index in [-0.39, 0.29) is 11.6 Å². The molecule has 11 heteroatoms. The third-order valence-corrected chi connectivity index (χ3v) is 4.78. The first-order chi connectivity index (χ1) is 14.1. The minimum atomic E-state index is -4.53. The third kappa shape index (κ3) is 6.09. The van der Waals surface area contributed by atoms with Gasteiger partial charge in [0.2, 0.25) is 5.95 Å². The van der Waals surface area contributed by atoms with E-state index in [9.17, 15) is 22.4 Å². The molecule has 0 bridgehead atoms. The molecule has 1 atom stereocenters. The van der Waals surface area contributed by atoms with E-state index in [0.717, 1.165) is 11.1 Å². The average Bonchev–Trinajstić information content (AvgIpc) is 3.06. The summed E-state index contributed by atoms with van der Waals surface area (Å²) < 4.78 is 51.0. The summed E-state index contributed by atoms with van der Waals surface area (Å²) in [4.78, 5) is 25.3. The SMILES string of the molecule is CC.Cc1cc2nc(N[C@@H](C)c3cncc(F)c3)nc(C(=O)NCC(F)(F)F)c2s1. The fourth-order valence-corrected chi connectivity index (χ4v) is 3.41. The minimum absolute atomic E-state index is 0.0409. The molecule has 3 heterocycles. The van der Waals surface area contributed by atoms with Crippen LogP contribution in [0.25, 0.3) is 10.2 Å². The van der Waals surface area contributed by atoms with E-state index in [4.69, 9.17) is 0 Å². The lowest BCUT2D eigenvalue weighted by Crippen LogP contribution is -2.34. The highest BCUT2D eigenvalue weighted by atomic mass is 32.1. The second-order valence-corrected chi connectivity index (χ2v) is 7.32. The summed E-state index contributed by atoms with van der Waals surface area (Å²) in [5.41, 5.74) is 0.800. The monoisotopic (exact) mass is 443 g/mol. The van der Waals surface area contributed by atoms with Gasteiger partial charge in [-0.25, -0.2) is 14.4 Å². The molecule has 0 aliphatic rings. The van der Waals surface area contributed by atoms with E-state index >= 15 is 0 Å². The average molecular weight is 443 g/mol. The summed E-state index contributed by atoms with van der Waals surface area (Å²) in [6.07, 6.45) is -2.01. The second kappa shape index (κ2) is 9.79. The zero-order chi connectivity index (χ0) is 22.5. The lowest BCUT2D eigenvalue weighted by molar-refractivity contribution is -0.123. The molecule has 2 N–H and O–H groups in total. The Morgan fingerprint density at radius 3 is 2.53 bits per heavy atom. The highest BCUT2D eigenvalue weighted by Crippen LogP contribution is 2.28. The Labute approximate surface area is 174 Å². The molecule has 0 saturated heterocycles. The van der Waals surface area contributed by atoms with Crippen LogP contribution in [0.15, 0.2) is 24.5 Å². The van der Waals surface area contributed by atoms with Crippen LogP contribution >= 0.6 is 11.3 Å². The summed E-state index contributed by atoms with van der Waals surface area (Å²) in [7, 11) is 0. The second-order valence-electron chi connectivity index (χ2n) is 6.07. The van der Waals surface area contributed by atoms with Crippen LogP contribution in [0.4, 0.5) is 23.5 Å². The van der Waals surface area contributed by atoms with Crippen molar-refractivity contribution >= 4 is 33.4 Å². The standard InChI is InChI=1S/C17H15F4N5OS.C2H6/c1-8-3-12-14(28-8)13(15(27)23-7-17(19,20)21)26-16(25-12)24-9(2)10-4-11(18)6-22-5-10;1-2/h3-6,9H,7H2,1-2H3,(H,23,27)(H,24,25,26);1-2H3/t9-;/m0./s1. The maximum Gasteiger partial charge on any atom is 0.405 e. The van der Waals surface area contributed by atoms with Crippen LogP contribution < -0.4 is 10.6 Å². The first kappa shape index (κ1) is 23.5. The number of carbonyl (C=O) groups excluding carboxylic acids is 1. The van der Waals surface area contributed by atoms with E-state index in [0.29, 0.717) is 15.8 Å². The van der Waals surface area contributed by atoms with E-state index in [1.165, 1.54) is 23.6 Å². The van der Waals surface area contributed by atoms with Gasteiger partial charge < -0.3 is 10.6 Å². The highest BCUT2D eigenvalue weighted by molar-refractivity contribution is 7.19. The molecular formula is C19H21F4N5OS. The lowest BCUT2D eigenvalue weighted by Gasteiger charge is -2.15. The predicted molar refractivity (Wildman–Crippen MR) is 108 cm³/mol. The van der Waals surface area contributed by atoms with Gasteiger partial charge in [0.15, 0.2) is 5.69 Å². The smallest absolute Gasteiger partial charge is 0.348 e. The number of nitrogens with one attached hydrogen (secondary N) is 2. The summed E-state index contributed by atoms with van der Waals surface area (Å²) >= 11 is 1.21. The number of hydrogen-bond donors (Lipinski definition) is 2. The fraction of sp³-hybridized carbons (Fsp3) is 0.368. The van der Waals surface area contributed by atoms with Crippen LogP contribution in [0.1, 0.15) is 47.7 Å². The molecule has 0 spiro atoms. The molecular weight excluding hydrogens is 422 g/mol. The first-order valence-electron chi connectivity index (χ1n) is 9.12. The quantitative estimate of drug-likeness (QED) is 0.541. The number of nitrogens with zero attached hydrogens (tertiary/aromatic N) is 3. The Balaban J connectivity index is 0.00000155. The Kier molecular flexibility index (Phi) is 7.65. The molecule has 1 amide bonds. The Morgan fingerprint density at radius 2 is 1.90 bits per heavy atom. The van der Waals surface area contributed by atoms with Crippen LogP contribution in [0.5, 0.6) is 0 Å². The predicted octanol–water partition coefficient (Wildman–Crippen LogP) is 5.03. The molecule has 0 unspecified atom stereocenters. The number of aromatic nitrogens is 3. The zero-order valence-corrected chi connectivity index (χ0v) is 17.6. The molecule has 0 aromatic carbocycles. The van der Waals surface area contributed by atoms with Gasteiger partial charge in [0.1, 0.15) is 12.4 Å². The topological polar surface area (TPSA) is 79.8 Å². The highest BCUT2D eigenvalue weighted by Gasteiger charge is 2.29. The maximum atomic E-state index is 13.4. The van der Waals surface area contributed by atoms with Gasteiger partial charge in [0.05, 0.1) is 22.5 Å². The fourth-order valence-electron chi connectivity index (χ4n) is 2.47. The Hall–Kier alpha value is -2.82. The van der Waals surface area contributed by atoms with Crippen LogP contribution in [0.3, 0.4) is 0 Å². The van der Waals surface area contributed by atoms with Gasteiger partial charge in [-0.1, -0.05) is 13.8 Å². The van der Waals surface area contributed by atoms with E-state index < -0.39 is 30.5 Å². The molecule has 3 aromatic rings. The molecule has 0 saturated carbocycles. The van der Waals surface area contributed by atoms with Gasteiger partial charge in [-0.15, -0.1) is 11.3 Å². The number of fused-ring (bicyclic) bond motifs is 1. The summed E-state index contributed by atoms with van der Waals surface area (Å²) in [5.74, 6) is -1.42. The number of alkyl halides is 3. The largest absolute Gasteiger partial charge is 0.405 e. The number of rotatable bonds is 5. The summed E-state index contributed by atoms with van der Waals surface area (Å²) in [5, 5.41) is 4.75. The van der Waals surface area contributed by atoms with Crippen molar-refractivity contribution in [1.82, 2.24) is 20.3 Å². The minimum Gasteiger partial charge on any atom is -0.348 e. The number of anilines is 1. The Bertz CT molecular complexity index is 1020.